The molecular formula is C15H23N3O2. The lowest BCUT2D eigenvalue weighted by atomic mass is 10.1. The van der Waals surface area contributed by atoms with Crippen LogP contribution in [0.4, 0.5) is 11.4 Å². The minimum absolute atomic E-state index is 0.00175. The Labute approximate surface area is 120 Å². The van der Waals surface area contributed by atoms with Gasteiger partial charge in [-0.1, -0.05) is 6.07 Å². The Balaban J connectivity index is 2.03. The van der Waals surface area contributed by atoms with Crippen molar-refractivity contribution < 1.29 is 9.53 Å². The molecule has 1 heterocycles. The predicted molar refractivity (Wildman–Crippen MR) is 81.3 cm³/mol. The third kappa shape index (κ3) is 3.29. The van der Waals surface area contributed by atoms with E-state index < -0.39 is 0 Å². The lowest BCUT2D eigenvalue weighted by Gasteiger charge is -2.18. The topological polar surface area (TPSA) is 53.6 Å². The van der Waals surface area contributed by atoms with Gasteiger partial charge in [-0.25, -0.2) is 0 Å². The van der Waals surface area contributed by atoms with Crippen molar-refractivity contribution in [1.82, 2.24) is 5.32 Å². The van der Waals surface area contributed by atoms with E-state index in [1.54, 1.807) is 7.11 Å². The summed E-state index contributed by atoms with van der Waals surface area (Å²) in [5, 5.41) is 6.15. The van der Waals surface area contributed by atoms with Crippen LogP contribution in [0.25, 0.3) is 0 Å². The van der Waals surface area contributed by atoms with Gasteiger partial charge < -0.3 is 20.3 Å². The van der Waals surface area contributed by atoms with Gasteiger partial charge in [-0.2, -0.15) is 0 Å². The summed E-state index contributed by atoms with van der Waals surface area (Å²) >= 11 is 0. The molecule has 1 aromatic carbocycles. The Morgan fingerprint density at radius 1 is 1.45 bits per heavy atom. The Kier molecular flexibility index (Phi) is 4.62. The molecule has 1 fully saturated rings. The fraction of sp³-hybridized carbons (Fsp3) is 0.533. The number of nitrogens with zero attached hydrogens (tertiary/aromatic N) is 1. The second kappa shape index (κ2) is 6.24. The zero-order valence-corrected chi connectivity index (χ0v) is 12.6. The van der Waals surface area contributed by atoms with Crippen molar-refractivity contribution in [3.63, 3.8) is 0 Å². The number of carbonyl (C=O) groups excluding carboxylic acids is 1. The number of methoxy groups -OCH3 is 1. The molecule has 1 aliphatic heterocycles. The van der Waals surface area contributed by atoms with Crippen molar-refractivity contribution in [1.29, 1.82) is 0 Å². The first-order valence-electron chi connectivity index (χ1n) is 6.86. The summed E-state index contributed by atoms with van der Waals surface area (Å²) in [6, 6.07) is 5.77. The molecule has 2 unspecified atom stereocenters. The van der Waals surface area contributed by atoms with Crippen LogP contribution in [0.2, 0.25) is 0 Å². The molecule has 5 nitrogen and oxygen atoms in total. The number of hydrogen-bond donors (Lipinski definition) is 2. The third-order valence-electron chi connectivity index (χ3n) is 3.70. The second-order valence-corrected chi connectivity index (χ2v) is 5.44. The summed E-state index contributed by atoms with van der Waals surface area (Å²) < 4.78 is 5.26. The molecule has 5 heteroatoms. The van der Waals surface area contributed by atoms with Crippen LogP contribution in [-0.2, 0) is 9.53 Å². The van der Waals surface area contributed by atoms with Crippen molar-refractivity contribution in [3.05, 3.63) is 23.8 Å². The van der Waals surface area contributed by atoms with Gasteiger partial charge in [0.05, 0.1) is 12.1 Å². The standard InChI is InChI=1S/C15H23N3O2/c1-10-5-6-11(7-14(10)18(2)3)17-15(19)13-8-12(20-4)9-16-13/h5-7,12-13,16H,8-9H2,1-4H3,(H,17,19). The number of amides is 1. The van der Waals surface area contributed by atoms with Gasteiger partial charge in [0, 0.05) is 39.1 Å². The number of anilines is 2. The normalized spacial score (nSPS) is 21.8. The first kappa shape index (κ1) is 14.8. The largest absolute Gasteiger partial charge is 0.380 e. The molecule has 0 saturated carbocycles. The van der Waals surface area contributed by atoms with E-state index in [2.05, 4.69) is 17.6 Å². The lowest BCUT2D eigenvalue weighted by molar-refractivity contribution is -0.118. The Bertz CT molecular complexity index is 488. The molecule has 1 saturated heterocycles. The third-order valence-corrected chi connectivity index (χ3v) is 3.70. The Morgan fingerprint density at radius 3 is 2.80 bits per heavy atom. The number of hydrogen-bond acceptors (Lipinski definition) is 4. The predicted octanol–water partition coefficient (Wildman–Crippen LogP) is 1.38. The molecular weight excluding hydrogens is 254 g/mol. The van der Waals surface area contributed by atoms with Crippen LogP contribution in [0.1, 0.15) is 12.0 Å². The number of carbonyl (C=O) groups is 1. The highest BCUT2D eigenvalue weighted by molar-refractivity contribution is 5.95. The molecule has 2 atom stereocenters. The van der Waals surface area contributed by atoms with E-state index >= 15 is 0 Å². The van der Waals surface area contributed by atoms with E-state index in [9.17, 15) is 4.79 Å². The molecule has 0 spiro atoms. The second-order valence-electron chi connectivity index (χ2n) is 5.44. The minimum Gasteiger partial charge on any atom is -0.380 e. The summed E-state index contributed by atoms with van der Waals surface area (Å²) in [7, 11) is 5.67. The maximum absolute atomic E-state index is 12.2. The highest BCUT2D eigenvalue weighted by Gasteiger charge is 2.29. The minimum atomic E-state index is -0.177. The van der Waals surface area contributed by atoms with E-state index in [-0.39, 0.29) is 18.1 Å². The molecule has 1 aromatic rings. The van der Waals surface area contributed by atoms with Gasteiger partial charge in [0.1, 0.15) is 0 Å². The maximum atomic E-state index is 12.2. The first-order chi connectivity index (χ1) is 9.51. The number of benzene rings is 1. The molecule has 0 aromatic heterocycles. The van der Waals surface area contributed by atoms with Gasteiger partial charge in [-0.15, -0.1) is 0 Å². The van der Waals surface area contributed by atoms with Crippen LogP contribution in [0.15, 0.2) is 18.2 Å². The summed E-state index contributed by atoms with van der Waals surface area (Å²) in [5.41, 5.74) is 3.12. The van der Waals surface area contributed by atoms with E-state index in [1.165, 1.54) is 5.56 Å². The SMILES string of the molecule is COC1CNC(C(=O)Nc2ccc(C)c(N(C)C)c2)C1. The number of rotatable bonds is 4. The first-order valence-corrected chi connectivity index (χ1v) is 6.86. The van der Waals surface area contributed by atoms with E-state index in [1.807, 2.05) is 37.2 Å². The van der Waals surface area contributed by atoms with Crippen LogP contribution in [0.5, 0.6) is 0 Å². The van der Waals surface area contributed by atoms with Crippen LogP contribution in [0.3, 0.4) is 0 Å². The van der Waals surface area contributed by atoms with E-state index in [0.717, 1.165) is 17.9 Å². The van der Waals surface area contributed by atoms with Crippen LogP contribution >= 0.6 is 0 Å². The average Bonchev–Trinajstić information content (AvgIpc) is 2.89. The fourth-order valence-electron chi connectivity index (χ4n) is 2.48. The van der Waals surface area contributed by atoms with Crippen LogP contribution < -0.4 is 15.5 Å². The maximum Gasteiger partial charge on any atom is 0.241 e. The molecule has 2 rings (SSSR count). The Hall–Kier alpha value is -1.59. The highest BCUT2D eigenvalue weighted by atomic mass is 16.5. The van der Waals surface area contributed by atoms with Crippen molar-refractivity contribution in [2.75, 3.05) is 38.0 Å². The zero-order valence-electron chi connectivity index (χ0n) is 12.6. The molecule has 0 bridgehead atoms. The van der Waals surface area contributed by atoms with Crippen LogP contribution in [0, 0.1) is 6.92 Å². The van der Waals surface area contributed by atoms with Gasteiger partial charge in [-0.3, -0.25) is 4.79 Å². The zero-order chi connectivity index (χ0) is 14.7. The van der Waals surface area contributed by atoms with Gasteiger partial charge >= 0.3 is 0 Å². The average molecular weight is 277 g/mol. The van der Waals surface area contributed by atoms with Gasteiger partial charge in [0.25, 0.3) is 0 Å². The van der Waals surface area contributed by atoms with Crippen molar-refractivity contribution in [2.24, 2.45) is 0 Å². The van der Waals surface area contributed by atoms with Gasteiger partial charge in [-0.05, 0) is 31.0 Å². The van der Waals surface area contributed by atoms with E-state index in [0.29, 0.717) is 6.42 Å². The molecule has 1 aliphatic rings. The van der Waals surface area contributed by atoms with E-state index in [4.69, 9.17) is 4.74 Å². The molecule has 110 valence electrons. The van der Waals surface area contributed by atoms with Gasteiger partial charge in [0.15, 0.2) is 0 Å². The number of ether oxygens (including phenoxy) is 1. The van der Waals surface area contributed by atoms with Crippen molar-refractivity contribution in [3.8, 4) is 0 Å². The Morgan fingerprint density at radius 2 is 2.20 bits per heavy atom. The fourth-order valence-corrected chi connectivity index (χ4v) is 2.48. The molecule has 2 N–H and O–H groups in total. The summed E-state index contributed by atoms with van der Waals surface area (Å²) in [6.45, 7) is 2.79. The highest BCUT2D eigenvalue weighted by Crippen LogP contribution is 2.23. The molecule has 20 heavy (non-hydrogen) atoms. The summed E-state index contributed by atoms with van der Waals surface area (Å²) in [4.78, 5) is 14.2. The monoisotopic (exact) mass is 277 g/mol. The summed E-state index contributed by atoms with van der Waals surface area (Å²) in [5.74, 6) is -0.00175. The smallest absolute Gasteiger partial charge is 0.241 e. The lowest BCUT2D eigenvalue weighted by Crippen LogP contribution is -2.35. The molecule has 1 amide bonds. The van der Waals surface area contributed by atoms with Crippen LogP contribution in [-0.4, -0.2) is 45.8 Å². The van der Waals surface area contributed by atoms with Crippen molar-refractivity contribution >= 4 is 17.3 Å². The van der Waals surface area contributed by atoms with Crippen molar-refractivity contribution in [2.45, 2.75) is 25.5 Å². The molecule has 0 aliphatic carbocycles. The quantitative estimate of drug-likeness (QED) is 0.873. The number of nitrogens with one attached hydrogen (secondary N) is 2. The summed E-state index contributed by atoms with van der Waals surface area (Å²) in [6.07, 6.45) is 0.843. The molecule has 0 radical (unpaired) electrons. The van der Waals surface area contributed by atoms with Gasteiger partial charge in [0.2, 0.25) is 5.91 Å². The number of aryl methyl sites for hydroxylation is 1.